The highest BCUT2D eigenvalue weighted by molar-refractivity contribution is 6.07. The number of ether oxygens (including phenoxy) is 1. The Labute approximate surface area is 180 Å². The van der Waals surface area contributed by atoms with E-state index in [0.717, 1.165) is 35.0 Å². The van der Waals surface area contributed by atoms with Gasteiger partial charge in [-0.25, -0.2) is 4.98 Å². The second kappa shape index (κ2) is 8.43. The third-order valence-electron chi connectivity index (χ3n) is 5.99. The molecule has 2 aliphatic rings. The molecule has 5 rings (SSSR count). The molecule has 0 aliphatic carbocycles. The van der Waals surface area contributed by atoms with Gasteiger partial charge in [0.1, 0.15) is 6.10 Å². The predicted octanol–water partition coefficient (Wildman–Crippen LogP) is 2.76. The number of carbonyl (C=O) groups excluding carboxylic acids is 2. The Kier molecular flexibility index (Phi) is 5.34. The zero-order valence-electron chi connectivity index (χ0n) is 17.2. The van der Waals surface area contributed by atoms with Gasteiger partial charge in [-0.05, 0) is 37.1 Å². The van der Waals surface area contributed by atoms with Gasteiger partial charge in [0.25, 0.3) is 11.8 Å². The first kappa shape index (κ1) is 19.6. The fourth-order valence-electron chi connectivity index (χ4n) is 4.29. The average Bonchev–Trinajstić information content (AvgIpc) is 3.38. The summed E-state index contributed by atoms with van der Waals surface area (Å²) in [7, 11) is 0. The van der Waals surface area contributed by atoms with Crippen LogP contribution in [0.4, 0.5) is 0 Å². The number of fused-ring (bicyclic) bond motifs is 1. The first-order valence-electron chi connectivity index (χ1n) is 10.7. The van der Waals surface area contributed by atoms with Crippen LogP contribution < -0.4 is 0 Å². The van der Waals surface area contributed by atoms with Crippen molar-refractivity contribution >= 4 is 22.7 Å². The van der Waals surface area contributed by atoms with Gasteiger partial charge >= 0.3 is 0 Å². The lowest BCUT2D eigenvalue weighted by Crippen LogP contribution is -2.52. The molecule has 2 aliphatic heterocycles. The number of benzene rings is 1. The molecule has 1 aromatic carbocycles. The molecule has 3 aromatic rings. The molecule has 158 valence electrons. The first-order chi connectivity index (χ1) is 15.2. The molecule has 7 heteroatoms. The molecule has 7 nitrogen and oxygen atoms in total. The Hall–Kier alpha value is -3.32. The summed E-state index contributed by atoms with van der Waals surface area (Å²) in [6, 6.07) is 13.3. The maximum atomic E-state index is 13.5. The number of amides is 2. The SMILES string of the molecule is O=C(c1cc(-c2cccnc2)nc2ccccc12)N1CCN(C(=O)C2CCCO2)CC1. The van der Waals surface area contributed by atoms with E-state index in [1.165, 1.54) is 0 Å². The largest absolute Gasteiger partial charge is 0.368 e. The van der Waals surface area contributed by atoms with E-state index in [2.05, 4.69) is 4.98 Å². The van der Waals surface area contributed by atoms with E-state index in [0.29, 0.717) is 38.3 Å². The van der Waals surface area contributed by atoms with E-state index >= 15 is 0 Å². The quantitative estimate of drug-likeness (QED) is 0.656. The summed E-state index contributed by atoms with van der Waals surface area (Å²) >= 11 is 0. The van der Waals surface area contributed by atoms with Crippen LogP contribution in [0.5, 0.6) is 0 Å². The molecule has 0 saturated carbocycles. The van der Waals surface area contributed by atoms with Crippen molar-refractivity contribution in [2.75, 3.05) is 32.8 Å². The molecule has 1 atom stereocenters. The predicted molar refractivity (Wildman–Crippen MR) is 116 cm³/mol. The van der Waals surface area contributed by atoms with Crippen molar-refractivity contribution in [2.45, 2.75) is 18.9 Å². The third kappa shape index (κ3) is 3.88. The van der Waals surface area contributed by atoms with E-state index in [-0.39, 0.29) is 17.9 Å². The van der Waals surface area contributed by atoms with Crippen molar-refractivity contribution in [1.29, 1.82) is 0 Å². The number of nitrogens with zero attached hydrogens (tertiary/aromatic N) is 4. The second-order valence-corrected chi connectivity index (χ2v) is 7.93. The van der Waals surface area contributed by atoms with Gasteiger partial charge < -0.3 is 14.5 Å². The zero-order chi connectivity index (χ0) is 21.2. The molecule has 0 N–H and O–H groups in total. The van der Waals surface area contributed by atoms with Crippen LogP contribution in [0.3, 0.4) is 0 Å². The van der Waals surface area contributed by atoms with Crippen LogP contribution in [0.2, 0.25) is 0 Å². The maximum absolute atomic E-state index is 13.5. The van der Waals surface area contributed by atoms with Crippen LogP contribution in [0.1, 0.15) is 23.2 Å². The van der Waals surface area contributed by atoms with E-state index < -0.39 is 0 Å². The van der Waals surface area contributed by atoms with Crippen molar-refractivity contribution in [3.63, 3.8) is 0 Å². The van der Waals surface area contributed by atoms with Gasteiger partial charge in [0.2, 0.25) is 0 Å². The number of hydrogen-bond donors (Lipinski definition) is 0. The Morgan fingerprint density at radius 1 is 1.00 bits per heavy atom. The van der Waals surface area contributed by atoms with Gasteiger partial charge in [0.15, 0.2) is 0 Å². The average molecular weight is 416 g/mol. The standard InChI is InChI=1S/C24H24N4O3/c29-23(27-10-12-28(13-11-27)24(30)22-8-4-14-31-22)19-15-21(17-5-3-9-25-16-17)26-20-7-2-1-6-18(19)20/h1-3,5-7,9,15-16,22H,4,8,10-14H2. The Morgan fingerprint density at radius 3 is 2.55 bits per heavy atom. The van der Waals surface area contributed by atoms with Crippen molar-refractivity contribution in [2.24, 2.45) is 0 Å². The van der Waals surface area contributed by atoms with Crippen LogP contribution in [0, 0.1) is 0 Å². The molecule has 1 unspecified atom stereocenters. The van der Waals surface area contributed by atoms with Crippen LogP contribution in [0.25, 0.3) is 22.2 Å². The van der Waals surface area contributed by atoms with E-state index in [1.54, 1.807) is 12.4 Å². The number of carbonyl (C=O) groups is 2. The van der Waals surface area contributed by atoms with Crippen LogP contribution >= 0.6 is 0 Å². The molecule has 2 amide bonds. The summed E-state index contributed by atoms with van der Waals surface area (Å²) in [5.74, 6) is 0.0192. The van der Waals surface area contributed by atoms with Gasteiger partial charge in [0, 0.05) is 56.1 Å². The molecule has 0 radical (unpaired) electrons. The van der Waals surface area contributed by atoms with Gasteiger partial charge in [0.05, 0.1) is 16.8 Å². The number of pyridine rings is 2. The number of rotatable bonds is 3. The lowest BCUT2D eigenvalue weighted by molar-refractivity contribution is -0.142. The smallest absolute Gasteiger partial charge is 0.254 e. The zero-order valence-corrected chi connectivity index (χ0v) is 17.2. The molecular formula is C24H24N4O3. The highest BCUT2D eigenvalue weighted by Crippen LogP contribution is 2.26. The van der Waals surface area contributed by atoms with E-state index in [1.807, 2.05) is 52.3 Å². The van der Waals surface area contributed by atoms with Crippen molar-refractivity contribution < 1.29 is 14.3 Å². The molecular weight excluding hydrogens is 392 g/mol. The fourth-order valence-corrected chi connectivity index (χ4v) is 4.29. The van der Waals surface area contributed by atoms with Gasteiger partial charge in [-0.2, -0.15) is 0 Å². The summed E-state index contributed by atoms with van der Waals surface area (Å²) in [6.07, 6.45) is 4.88. The van der Waals surface area contributed by atoms with E-state index in [9.17, 15) is 9.59 Å². The maximum Gasteiger partial charge on any atom is 0.254 e. The van der Waals surface area contributed by atoms with Gasteiger partial charge in [-0.15, -0.1) is 0 Å². The number of aromatic nitrogens is 2. The topological polar surface area (TPSA) is 75.6 Å². The second-order valence-electron chi connectivity index (χ2n) is 7.93. The molecule has 2 aromatic heterocycles. The molecule has 4 heterocycles. The summed E-state index contributed by atoms with van der Waals surface area (Å²) in [5, 5.41) is 0.831. The minimum absolute atomic E-state index is 0.0343. The normalized spacial score (nSPS) is 19.0. The molecule has 0 bridgehead atoms. The first-order valence-corrected chi connectivity index (χ1v) is 10.7. The fraction of sp³-hybridized carbons (Fsp3) is 0.333. The van der Waals surface area contributed by atoms with Crippen LogP contribution in [0.15, 0.2) is 54.9 Å². The van der Waals surface area contributed by atoms with Crippen molar-refractivity contribution in [3.05, 3.63) is 60.4 Å². The lowest BCUT2D eigenvalue weighted by Gasteiger charge is -2.36. The molecule has 2 saturated heterocycles. The Balaban J connectivity index is 1.39. The number of para-hydroxylation sites is 1. The summed E-state index contributed by atoms with van der Waals surface area (Å²) in [6.45, 7) is 2.74. The molecule has 0 spiro atoms. The summed E-state index contributed by atoms with van der Waals surface area (Å²) in [5.41, 5.74) is 3.00. The van der Waals surface area contributed by atoms with Crippen molar-refractivity contribution in [1.82, 2.24) is 19.8 Å². The van der Waals surface area contributed by atoms with Crippen LogP contribution in [-0.4, -0.2) is 70.5 Å². The van der Waals surface area contributed by atoms with Gasteiger partial charge in [-0.1, -0.05) is 18.2 Å². The summed E-state index contributed by atoms with van der Waals surface area (Å²) in [4.78, 5) is 38.7. The van der Waals surface area contributed by atoms with Crippen LogP contribution in [-0.2, 0) is 9.53 Å². The van der Waals surface area contributed by atoms with Gasteiger partial charge in [-0.3, -0.25) is 14.6 Å². The number of hydrogen-bond acceptors (Lipinski definition) is 5. The monoisotopic (exact) mass is 416 g/mol. The summed E-state index contributed by atoms with van der Waals surface area (Å²) < 4.78 is 5.53. The third-order valence-corrected chi connectivity index (χ3v) is 5.99. The highest BCUT2D eigenvalue weighted by atomic mass is 16.5. The number of piperazine rings is 1. The molecule has 31 heavy (non-hydrogen) atoms. The Bertz CT molecular complexity index is 1100. The minimum Gasteiger partial charge on any atom is -0.368 e. The Morgan fingerprint density at radius 2 is 1.81 bits per heavy atom. The molecule has 2 fully saturated rings. The highest BCUT2D eigenvalue weighted by Gasteiger charge is 2.32. The lowest BCUT2D eigenvalue weighted by atomic mass is 10.0. The minimum atomic E-state index is -0.312. The van der Waals surface area contributed by atoms with E-state index in [4.69, 9.17) is 9.72 Å². The van der Waals surface area contributed by atoms with Crippen molar-refractivity contribution in [3.8, 4) is 11.3 Å².